The Bertz CT molecular complexity index is 1510. The Balaban J connectivity index is 1.82. The largest absolute Gasteiger partial charge is 0.309 e. The van der Waals surface area contributed by atoms with Crippen molar-refractivity contribution in [2.24, 2.45) is 0 Å². The first kappa shape index (κ1) is 15.5. The molecular weight excluding hydrogens is 337 g/mol. The highest BCUT2D eigenvalue weighted by molar-refractivity contribution is 6.33. The molecule has 0 unspecified atom stereocenters. The molecule has 1 nitrogen and oxygen atoms in total. The van der Waals surface area contributed by atoms with Crippen molar-refractivity contribution >= 4 is 56.7 Å². The lowest BCUT2D eigenvalue weighted by molar-refractivity contribution is 1.18. The van der Waals surface area contributed by atoms with Crippen LogP contribution in [0.1, 0.15) is 0 Å². The molecule has 0 fully saturated rings. The second-order valence-corrected chi connectivity index (χ2v) is 7.32. The van der Waals surface area contributed by atoms with Crippen molar-refractivity contribution in [1.29, 1.82) is 0 Å². The average molecular weight is 353 g/mol. The standard InChI is InChI=1S/C26H16BN/c27-19-12-13-21-17(14-19)10-11-18-15-26-24(16-23(18)21)22-8-4-5-9-25(22)28(26)20-6-2-1-3-7-20/h1-16H. The Morgan fingerprint density at radius 2 is 1.25 bits per heavy atom. The van der Waals surface area contributed by atoms with Crippen molar-refractivity contribution in [1.82, 2.24) is 4.57 Å². The zero-order valence-electron chi connectivity index (χ0n) is 15.3. The van der Waals surface area contributed by atoms with Gasteiger partial charge in [-0.05, 0) is 51.9 Å². The first-order chi connectivity index (χ1) is 13.8. The highest BCUT2D eigenvalue weighted by atomic mass is 15.0. The predicted molar refractivity (Wildman–Crippen MR) is 121 cm³/mol. The van der Waals surface area contributed by atoms with E-state index in [1.54, 1.807) is 0 Å². The zero-order valence-corrected chi connectivity index (χ0v) is 15.3. The molecule has 1 aromatic heterocycles. The van der Waals surface area contributed by atoms with Crippen LogP contribution in [0.5, 0.6) is 0 Å². The lowest BCUT2D eigenvalue weighted by Crippen LogP contribution is -1.99. The van der Waals surface area contributed by atoms with Gasteiger partial charge in [-0.3, -0.25) is 0 Å². The van der Waals surface area contributed by atoms with Crippen LogP contribution in [0.4, 0.5) is 0 Å². The van der Waals surface area contributed by atoms with E-state index in [9.17, 15) is 0 Å². The molecule has 0 N–H and O–H groups in total. The van der Waals surface area contributed by atoms with Crippen molar-refractivity contribution in [2.75, 3.05) is 0 Å². The Hall–Kier alpha value is -3.52. The van der Waals surface area contributed by atoms with E-state index in [1.807, 2.05) is 12.1 Å². The lowest BCUT2D eigenvalue weighted by atomic mass is 9.91. The Labute approximate surface area is 164 Å². The van der Waals surface area contributed by atoms with E-state index in [4.69, 9.17) is 7.85 Å². The third-order valence-electron chi connectivity index (χ3n) is 5.67. The van der Waals surface area contributed by atoms with Crippen LogP contribution in [-0.2, 0) is 0 Å². The van der Waals surface area contributed by atoms with Gasteiger partial charge in [0.25, 0.3) is 0 Å². The first-order valence-corrected chi connectivity index (χ1v) is 9.50. The molecule has 2 heteroatoms. The third kappa shape index (κ3) is 2.15. The highest BCUT2D eigenvalue weighted by Crippen LogP contribution is 2.36. The third-order valence-corrected chi connectivity index (χ3v) is 5.67. The zero-order chi connectivity index (χ0) is 18.7. The summed E-state index contributed by atoms with van der Waals surface area (Å²) < 4.78 is 2.36. The summed E-state index contributed by atoms with van der Waals surface area (Å²) in [5.74, 6) is 0. The normalized spacial score (nSPS) is 11.7. The van der Waals surface area contributed by atoms with Gasteiger partial charge >= 0.3 is 0 Å². The minimum atomic E-state index is 0.800. The van der Waals surface area contributed by atoms with Crippen molar-refractivity contribution in [2.45, 2.75) is 0 Å². The molecule has 0 saturated carbocycles. The second-order valence-electron chi connectivity index (χ2n) is 7.32. The minimum absolute atomic E-state index is 0.800. The quantitative estimate of drug-likeness (QED) is 0.257. The minimum Gasteiger partial charge on any atom is -0.309 e. The van der Waals surface area contributed by atoms with Gasteiger partial charge in [-0.1, -0.05) is 72.2 Å². The molecule has 0 atom stereocenters. The van der Waals surface area contributed by atoms with Gasteiger partial charge in [-0.15, -0.1) is 0 Å². The molecule has 0 aliphatic carbocycles. The molecule has 128 valence electrons. The molecule has 0 aliphatic rings. The van der Waals surface area contributed by atoms with Crippen LogP contribution in [0.3, 0.4) is 0 Å². The molecule has 5 aromatic carbocycles. The van der Waals surface area contributed by atoms with Crippen molar-refractivity contribution in [3.8, 4) is 5.69 Å². The van der Waals surface area contributed by atoms with Gasteiger partial charge in [0, 0.05) is 16.5 Å². The van der Waals surface area contributed by atoms with Gasteiger partial charge in [-0.2, -0.15) is 0 Å². The monoisotopic (exact) mass is 353 g/mol. The van der Waals surface area contributed by atoms with Gasteiger partial charge in [-0.25, -0.2) is 0 Å². The van der Waals surface area contributed by atoms with Crippen LogP contribution in [0, 0.1) is 0 Å². The fourth-order valence-corrected chi connectivity index (χ4v) is 4.40. The van der Waals surface area contributed by atoms with Gasteiger partial charge in [0.2, 0.25) is 0 Å². The molecular formula is C26H16BN. The number of nitrogens with zero attached hydrogens (tertiary/aromatic N) is 1. The highest BCUT2D eigenvalue weighted by Gasteiger charge is 2.13. The topological polar surface area (TPSA) is 4.93 Å². The van der Waals surface area contributed by atoms with E-state index in [-0.39, 0.29) is 0 Å². The predicted octanol–water partition coefficient (Wildman–Crippen LogP) is 5.88. The maximum atomic E-state index is 6.00. The summed E-state index contributed by atoms with van der Waals surface area (Å²) in [5.41, 5.74) is 4.44. The molecule has 0 amide bonds. The molecule has 0 saturated heterocycles. The van der Waals surface area contributed by atoms with E-state index in [0.717, 1.165) is 5.46 Å². The van der Waals surface area contributed by atoms with E-state index >= 15 is 0 Å². The number of hydrogen-bond acceptors (Lipinski definition) is 0. The number of rotatable bonds is 1. The van der Waals surface area contributed by atoms with Crippen LogP contribution in [0.2, 0.25) is 0 Å². The van der Waals surface area contributed by atoms with Crippen molar-refractivity contribution in [3.05, 3.63) is 97.1 Å². The molecule has 0 bridgehead atoms. The van der Waals surface area contributed by atoms with Gasteiger partial charge in [0.1, 0.15) is 7.85 Å². The Morgan fingerprint density at radius 3 is 2.11 bits per heavy atom. The smallest absolute Gasteiger partial charge is 0.113 e. The second kappa shape index (κ2) is 5.74. The van der Waals surface area contributed by atoms with Crippen LogP contribution >= 0.6 is 0 Å². The summed E-state index contributed by atoms with van der Waals surface area (Å²) in [5, 5.41) is 7.47. The molecule has 28 heavy (non-hydrogen) atoms. The maximum Gasteiger partial charge on any atom is 0.113 e. The van der Waals surface area contributed by atoms with Gasteiger partial charge < -0.3 is 4.57 Å². The first-order valence-electron chi connectivity index (χ1n) is 9.50. The molecule has 6 aromatic rings. The fourth-order valence-electron chi connectivity index (χ4n) is 4.40. The summed E-state index contributed by atoms with van der Waals surface area (Å²) >= 11 is 0. The molecule has 6 rings (SSSR count). The average Bonchev–Trinajstić information content (AvgIpc) is 3.06. The van der Waals surface area contributed by atoms with E-state index < -0.39 is 0 Å². The van der Waals surface area contributed by atoms with E-state index in [0.29, 0.717) is 0 Å². The summed E-state index contributed by atoms with van der Waals surface area (Å²) in [7, 11) is 6.00. The van der Waals surface area contributed by atoms with Crippen LogP contribution in [-0.4, -0.2) is 12.4 Å². The Kier molecular flexibility index (Phi) is 3.18. The van der Waals surface area contributed by atoms with Crippen molar-refractivity contribution < 1.29 is 0 Å². The fraction of sp³-hybridized carbons (Fsp3) is 0. The van der Waals surface area contributed by atoms with E-state index in [1.165, 1.54) is 49.0 Å². The maximum absolute atomic E-state index is 6.00. The number of para-hydroxylation sites is 2. The van der Waals surface area contributed by atoms with Gasteiger partial charge in [0.05, 0.1) is 11.0 Å². The number of benzene rings is 5. The molecule has 0 aliphatic heterocycles. The summed E-state index contributed by atoms with van der Waals surface area (Å²) in [6.45, 7) is 0. The van der Waals surface area contributed by atoms with Gasteiger partial charge in [0.15, 0.2) is 0 Å². The Morgan fingerprint density at radius 1 is 0.500 bits per heavy atom. The number of fused-ring (bicyclic) bond motifs is 6. The summed E-state index contributed by atoms with van der Waals surface area (Å²) in [6.07, 6.45) is 0. The van der Waals surface area contributed by atoms with Crippen LogP contribution in [0.25, 0.3) is 49.0 Å². The van der Waals surface area contributed by atoms with Crippen LogP contribution in [0.15, 0.2) is 97.1 Å². The van der Waals surface area contributed by atoms with Crippen LogP contribution < -0.4 is 5.46 Å². The summed E-state index contributed by atoms with van der Waals surface area (Å²) in [6, 6.07) is 34.4. The summed E-state index contributed by atoms with van der Waals surface area (Å²) in [4.78, 5) is 0. The van der Waals surface area contributed by atoms with Crippen molar-refractivity contribution in [3.63, 3.8) is 0 Å². The SMILES string of the molecule is [B]c1ccc2c(ccc3cc4c(cc32)c2ccccc2n4-c2ccccc2)c1. The van der Waals surface area contributed by atoms with E-state index in [2.05, 4.69) is 89.5 Å². The lowest BCUT2D eigenvalue weighted by Gasteiger charge is -2.09. The number of hydrogen-bond donors (Lipinski definition) is 0. The molecule has 1 heterocycles. The molecule has 0 spiro atoms. The molecule has 2 radical (unpaired) electrons. The number of aromatic nitrogens is 1.